The van der Waals surface area contributed by atoms with Crippen molar-refractivity contribution in [1.29, 1.82) is 0 Å². The average Bonchev–Trinajstić information content (AvgIpc) is 2.68. The van der Waals surface area contributed by atoms with Gasteiger partial charge in [0.05, 0.1) is 4.90 Å². The van der Waals surface area contributed by atoms with E-state index in [1.165, 1.54) is 42.7 Å². The quantitative estimate of drug-likeness (QED) is 0.634. The van der Waals surface area contributed by atoms with Gasteiger partial charge in [0.2, 0.25) is 11.9 Å². The predicted molar refractivity (Wildman–Crippen MR) is 101 cm³/mol. The Balaban J connectivity index is 1.64. The van der Waals surface area contributed by atoms with Gasteiger partial charge in [-0.15, -0.1) is 0 Å². The average molecular weight is 381 g/mol. The van der Waals surface area contributed by atoms with E-state index < -0.39 is 10.0 Å². The van der Waals surface area contributed by atoms with E-state index in [4.69, 9.17) is 0 Å². The number of aromatic nitrogens is 3. The lowest BCUT2D eigenvalue weighted by molar-refractivity contribution is -0.111. The van der Waals surface area contributed by atoms with Gasteiger partial charge >= 0.3 is 0 Å². The van der Waals surface area contributed by atoms with Crippen molar-refractivity contribution < 1.29 is 13.2 Å². The van der Waals surface area contributed by atoms with Crippen LogP contribution in [0.5, 0.6) is 0 Å². The van der Waals surface area contributed by atoms with E-state index in [0.29, 0.717) is 5.69 Å². The third kappa shape index (κ3) is 5.19. The van der Waals surface area contributed by atoms with Gasteiger partial charge in [-0.25, -0.2) is 23.1 Å². The molecule has 1 amide bonds. The van der Waals surface area contributed by atoms with E-state index >= 15 is 0 Å². The number of nitrogens with zero attached hydrogens (tertiary/aromatic N) is 3. The molecule has 2 aromatic heterocycles. The molecule has 0 spiro atoms. The minimum atomic E-state index is -3.81. The maximum atomic E-state index is 12.3. The van der Waals surface area contributed by atoms with E-state index in [0.717, 1.165) is 5.56 Å². The van der Waals surface area contributed by atoms with E-state index in [1.807, 2.05) is 0 Å². The molecule has 0 atom stereocenters. The van der Waals surface area contributed by atoms with E-state index in [9.17, 15) is 13.2 Å². The second-order valence-corrected chi connectivity index (χ2v) is 6.99. The minimum Gasteiger partial charge on any atom is -0.323 e. The molecule has 0 unspecified atom stereocenters. The Morgan fingerprint density at radius 1 is 0.926 bits per heavy atom. The number of amides is 1. The first-order chi connectivity index (χ1) is 13.0. The zero-order valence-corrected chi connectivity index (χ0v) is 14.8. The summed E-state index contributed by atoms with van der Waals surface area (Å²) >= 11 is 0. The van der Waals surface area contributed by atoms with Crippen LogP contribution in [-0.4, -0.2) is 29.3 Å². The first-order valence-electron chi connectivity index (χ1n) is 7.82. The monoisotopic (exact) mass is 381 g/mol. The summed E-state index contributed by atoms with van der Waals surface area (Å²) in [6.45, 7) is 0. The van der Waals surface area contributed by atoms with E-state index in [2.05, 4.69) is 25.0 Å². The highest BCUT2D eigenvalue weighted by Gasteiger charge is 2.15. The number of sulfonamides is 1. The summed E-state index contributed by atoms with van der Waals surface area (Å²) in [6.07, 6.45) is 9.16. The van der Waals surface area contributed by atoms with Gasteiger partial charge in [0.25, 0.3) is 10.0 Å². The summed E-state index contributed by atoms with van der Waals surface area (Å²) in [5.41, 5.74) is 1.31. The van der Waals surface area contributed by atoms with Gasteiger partial charge in [-0.2, -0.15) is 0 Å². The largest absolute Gasteiger partial charge is 0.323 e. The van der Waals surface area contributed by atoms with Crippen molar-refractivity contribution in [2.45, 2.75) is 4.90 Å². The summed E-state index contributed by atoms with van der Waals surface area (Å²) < 4.78 is 26.9. The minimum absolute atomic E-state index is 0.0175. The summed E-state index contributed by atoms with van der Waals surface area (Å²) in [7, 11) is -3.81. The van der Waals surface area contributed by atoms with Crippen molar-refractivity contribution in [3.63, 3.8) is 0 Å². The molecule has 0 bridgehead atoms. The molecule has 27 heavy (non-hydrogen) atoms. The molecule has 2 N–H and O–H groups in total. The van der Waals surface area contributed by atoms with Crippen LogP contribution in [0.4, 0.5) is 11.6 Å². The van der Waals surface area contributed by atoms with Gasteiger partial charge in [0, 0.05) is 36.6 Å². The second-order valence-electron chi connectivity index (χ2n) is 5.31. The van der Waals surface area contributed by atoms with Crippen LogP contribution in [0.1, 0.15) is 5.56 Å². The van der Waals surface area contributed by atoms with E-state index in [-0.39, 0.29) is 16.8 Å². The molecule has 9 heteroatoms. The molecule has 1 aromatic carbocycles. The third-order valence-electron chi connectivity index (χ3n) is 3.36. The van der Waals surface area contributed by atoms with Crippen molar-refractivity contribution in [2.75, 3.05) is 10.0 Å². The summed E-state index contributed by atoms with van der Waals surface area (Å²) in [6, 6.07) is 10.9. The molecule has 136 valence electrons. The molecule has 0 aliphatic rings. The molecule has 2 heterocycles. The fraction of sp³-hybridized carbons (Fsp3) is 0. The number of nitrogens with one attached hydrogen (secondary N) is 2. The number of anilines is 2. The number of pyridine rings is 1. The van der Waals surface area contributed by atoms with Gasteiger partial charge in [0.15, 0.2) is 0 Å². The molecule has 0 radical (unpaired) electrons. The van der Waals surface area contributed by atoms with Gasteiger partial charge in [-0.3, -0.25) is 9.78 Å². The van der Waals surface area contributed by atoms with Crippen LogP contribution >= 0.6 is 0 Å². The lowest BCUT2D eigenvalue weighted by Crippen LogP contribution is -2.15. The molecule has 0 aliphatic heterocycles. The number of carbonyl (C=O) groups excluding carboxylic acids is 1. The van der Waals surface area contributed by atoms with Crippen LogP contribution in [0.15, 0.2) is 78.2 Å². The summed E-state index contributed by atoms with van der Waals surface area (Å²) in [5.74, 6) is -0.352. The smallest absolute Gasteiger partial charge is 0.264 e. The molecule has 0 saturated carbocycles. The number of hydrogen-bond donors (Lipinski definition) is 2. The van der Waals surface area contributed by atoms with Crippen molar-refractivity contribution in [2.24, 2.45) is 0 Å². The van der Waals surface area contributed by atoms with Crippen molar-refractivity contribution >= 4 is 33.6 Å². The maximum Gasteiger partial charge on any atom is 0.264 e. The first-order valence-corrected chi connectivity index (χ1v) is 9.30. The highest BCUT2D eigenvalue weighted by molar-refractivity contribution is 7.92. The van der Waals surface area contributed by atoms with Gasteiger partial charge in [-0.05, 0) is 54.1 Å². The molecule has 3 rings (SSSR count). The number of benzene rings is 1. The Morgan fingerprint density at radius 3 is 2.26 bits per heavy atom. The third-order valence-corrected chi connectivity index (χ3v) is 4.70. The summed E-state index contributed by atoms with van der Waals surface area (Å²) in [4.78, 5) is 23.5. The Labute approximate surface area is 156 Å². The Kier molecular flexibility index (Phi) is 5.53. The first kappa shape index (κ1) is 18.2. The maximum absolute atomic E-state index is 12.3. The molecule has 0 saturated heterocycles. The van der Waals surface area contributed by atoms with Crippen molar-refractivity contribution in [3.05, 3.63) is 78.9 Å². The molecule has 0 fully saturated rings. The van der Waals surface area contributed by atoms with E-state index in [1.54, 1.807) is 36.7 Å². The molecule has 0 aliphatic carbocycles. The molecular weight excluding hydrogens is 366 g/mol. The van der Waals surface area contributed by atoms with Crippen LogP contribution in [0.3, 0.4) is 0 Å². The van der Waals surface area contributed by atoms with Crippen LogP contribution in [0, 0.1) is 0 Å². The molecular formula is C18H15N5O3S. The molecule has 3 aromatic rings. The van der Waals surface area contributed by atoms with Crippen molar-refractivity contribution in [1.82, 2.24) is 15.0 Å². The highest BCUT2D eigenvalue weighted by atomic mass is 32.2. The Bertz CT molecular complexity index is 1040. The normalized spacial score (nSPS) is 11.3. The lowest BCUT2D eigenvalue weighted by atomic mass is 10.2. The topological polar surface area (TPSA) is 114 Å². The Hall–Kier alpha value is -3.59. The number of carbonyl (C=O) groups is 1. The second kappa shape index (κ2) is 8.19. The zero-order chi connectivity index (χ0) is 19.1. The zero-order valence-electron chi connectivity index (χ0n) is 14.0. The van der Waals surface area contributed by atoms with Crippen molar-refractivity contribution in [3.8, 4) is 0 Å². The highest BCUT2D eigenvalue weighted by Crippen LogP contribution is 2.16. The lowest BCUT2D eigenvalue weighted by Gasteiger charge is -2.07. The van der Waals surface area contributed by atoms with Crippen LogP contribution < -0.4 is 10.0 Å². The Morgan fingerprint density at radius 2 is 1.59 bits per heavy atom. The van der Waals surface area contributed by atoms with Crippen LogP contribution in [0.25, 0.3) is 6.08 Å². The van der Waals surface area contributed by atoms with Gasteiger partial charge in [0.1, 0.15) is 0 Å². The predicted octanol–water partition coefficient (Wildman–Crippen LogP) is 2.32. The summed E-state index contributed by atoms with van der Waals surface area (Å²) in [5, 5.41) is 2.66. The fourth-order valence-corrected chi connectivity index (χ4v) is 3.04. The van der Waals surface area contributed by atoms with Crippen LogP contribution in [-0.2, 0) is 14.8 Å². The van der Waals surface area contributed by atoms with Crippen LogP contribution in [0.2, 0.25) is 0 Å². The fourth-order valence-electron chi connectivity index (χ4n) is 2.08. The van der Waals surface area contributed by atoms with Gasteiger partial charge in [-0.1, -0.05) is 0 Å². The van der Waals surface area contributed by atoms with Gasteiger partial charge < -0.3 is 5.32 Å². The SMILES string of the molecule is O=C(C=Cc1ccncc1)Nc1ccc(S(=O)(=O)Nc2ncccn2)cc1. The standard InChI is InChI=1S/C18H15N5O3S/c24-17(7-2-14-8-12-19-13-9-14)22-15-3-5-16(6-4-15)27(25,26)23-18-20-10-1-11-21-18/h1-13H,(H,22,24)(H,20,21,23). The number of rotatable bonds is 6. The molecule has 8 nitrogen and oxygen atoms in total. The number of hydrogen-bond acceptors (Lipinski definition) is 6.